The first-order valence-electron chi connectivity index (χ1n) is 5.31. The van der Waals surface area contributed by atoms with Crippen LogP contribution in [0.5, 0.6) is 0 Å². The van der Waals surface area contributed by atoms with E-state index in [-0.39, 0.29) is 10.9 Å². The number of nitrogens with one attached hydrogen (secondary N) is 1. The number of sulfonamides is 1. The van der Waals surface area contributed by atoms with Crippen molar-refractivity contribution in [2.75, 3.05) is 6.54 Å². The van der Waals surface area contributed by atoms with E-state index >= 15 is 0 Å². The Morgan fingerprint density at radius 2 is 2.12 bits per heavy atom. The van der Waals surface area contributed by atoms with E-state index in [9.17, 15) is 8.42 Å². The predicted octanol–water partition coefficient (Wildman–Crippen LogP) is 1.39. The molecule has 5 heteroatoms. The minimum Gasteiger partial charge on any atom is -0.310 e. The van der Waals surface area contributed by atoms with Crippen molar-refractivity contribution in [3.63, 3.8) is 0 Å². The molecule has 0 fully saturated rings. The predicted molar refractivity (Wildman–Crippen MR) is 64.5 cm³/mol. The fraction of sp³-hybridized carbons (Fsp3) is 0.455. The Hall–Kier alpha value is -0.910. The summed E-state index contributed by atoms with van der Waals surface area (Å²) >= 11 is 0. The monoisotopic (exact) mass is 242 g/mol. The Bertz CT molecular complexity index is 443. The van der Waals surface area contributed by atoms with Crippen LogP contribution < -0.4 is 10.5 Å². The molecule has 1 aromatic carbocycles. The highest BCUT2D eigenvalue weighted by Crippen LogP contribution is 2.16. The number of hydrogen-bond donors (Lipinski definition) is 2. The average molecular weight is 242 g/mol. The first kappa shape index (κ1) is 13.2. The van der Waals surface area contributed by atoms with E-state index in [1.165, 1.54) is 6.07 Å². The first-order valence-corrected chi connectivity index (χ1v) is 6.86. The minimum absolute atomic E-state index is 0.127. The zero-order valence-electron chi connectivity index (χ0n) is 9.60. The molecule has 3 N–H and O–H groups in total. The fourth-order valence-electron chi connectivity index (χ4n) is 1.44. The zero-order chi connectivity index (χ0) is 12.2. The van der Waals surface area contributed by atoms with Gasteiger partial charge in [-0.05, 0) is 37.6 Å². The molecular weight excluding hydrogens is 224 g/mol. The van der Waals surface area contributed by atoms with Crippen LogP contribution in [-0.2, 0) is 10.0 Å². The molecule has 0 aliphatic carbocycles. The van der Waals surface area contributed by atoms with Gasteiger partial charge in [-0.25, -0.2) is 13.6 Å². The lowest BCUT2D eigenvalue weighted by Crippen LogP contribution is -2.20. The van der Waals surface area contributed by atoms with Crippen LogP contribution >= 0.6 is 0 Å². The lowest BCUT2D eigenvalue weighted by Gasteiger charge is -2.14. The fourth-order valence-corrected chi connectivity index (χ4v) is 2.01. The van der Waals surface area contributed by atoms with E-state index < -0.39 is 10.0 Å². The van der Waals surface area contributed by atoms with Gasteiger partial charge in [-0.3, -0.25) is 0 Å². The van der Waals surface area contributed by atoms with Gasteiger partial charge in [0.15, 0.2) is 0 Å². The topological polar surface area (TPSA) is 72.2 Å². The smallest absolute Gasteiger partial charge is 0.238 e. The normalized spacial score (nSPS) is 13.7. The molecular formula is C11H18N2O2S. The summed E-state index contributed by atoms with van der Waals surface area (Å²) in [7, 11) is -3.61. The van der Waals surface area contributed by atoms with Gasteiger partial charge in [0.1, 0.15) is 0 Å². The van der Waals surface area contributed by atoms with Crippen LogP contribution in [0.15, 0.2) is 29.2 Å². The second kappa shape index (κ2) is 5.43. The summed E-state index contributed by atoms with van der Waals surface area (Å²) in [5, 5.41) is 8.37. The van der Waals surface area contributed by atoms with Gasteiger partial charge < -0.3 is 5.32 Å². The number of benzene rings is 1. The van der Waals surface area contributed by atoms with Gasteiger partial charge in [0, 0.05) is 6.04 Å². The lowest BCUT2D eigenvalue weighted by atomic mass is 10.1. The molecule has 0 saturated carbocycles. The van der Waals surface area contributed by atoms with Gasteiger partial charge in [0.2, 0.25) is 10.0 Å². The molecule has 0 spiro atoms. The third-order valence-electron chi connectivity index (χ3n) is 2.39. The van der Waals surface area contributed by atoms with Crippen molar-refractivity contribution >= 4 is 10.0 Å². The zero-order valence-corrected chi connectivity index (χ0v) is 10.4. The van der Waals surface area contributed by atoms with Gasteiger partial charge >= 0.3 is 0 Å². The van der Waals surface area contributed by atoms with Gasteiger partial charge in [-0.15, -0.1) is 0 Å². The number of primary sulfonamides is 1. The van der Waals surface area contributed by atoms with Crippen LogP contribution in [0.25, 0.3) is 0 Å². The Morgan fingerprint density at radius 1 is 1.44 bits per heavy atom. The Balaban J connectivity index is 2.90. The molecule has 90 valence electrons. The van der Waals surface area contributed by atoms with E-state index in [0.717, 1.165) is 18.5 Å². The maximum absolute atomic E-state index is 11.2. The van der Waals surface area contributed by atoms with Crippen LogP contribution in [-0.4, -0.2) is 15.0 Å². The third kappa shape index (κ3) is 3.59. The number of rotatable bonds is 5. The van der Waals surface area contributed by atoms with Crippen LogP contribution in [0.4, 0.5) is 0 Å². The van der Waals surface area contributed by atoms with Crippen LogP contribution in [0.1, 0.15) is 31.9 Å². The van der Waals surface area contributed by atoms with Crippen LogP contribution in [0.2, 0.25) is 0 Å². The molecule has 1 aromatic rings. The molecule has 0 radical (unpaired) electrons. The second-order valence-electron chi connectivity index (χ2n) is 3.79. The van der Waals surface area contributed by atoms with Crippen molar-refractivity contribution in [2.45, 2.75) is 31.2 Å². The van der Waals surface area contributed by atoms with Gasteiger partial charge in [-0.2, -0.15) is 0 Å². The van der Waals surface area contributed by atoms with Crippen LogP contribution in [0, 0.1) is 0 Å². The van der Waals surface area contributed by atoms with Crippen molar-refractivity contribution in [3.05, 3.63) is 29.8 Å². The summed E-state index contributed by atoms with van der Waals surface area (Å²) in [6.07, 6.45) is 1.04. The molecule has 1 atom stereocenters. The molecule has 4 nitrogen and oxygen atoms in total. The quantitative estimate of drug-likeness (QED) is 0.819. The van der Waals surface area contributed by atoms with E-state index in [4.69, 9.17) is 5.14 Å². The summed E-state index contributed by atoms with van der Waals surface area (Å²) in [5.41, 5.74) is 0.931. The minimum atomic E-state index is -3.61. The average Bonchev–Trinajstić information content (AvgIpc) is 2.25. The molecule has 0 aliphatic heterocycles. The van der Waals surface area contributed by atoms with Crippen molar-refractivity contribution in [2.24, 2.45) is 5.14 Å². The maximum atomic E-state index is 11.2. The Labute approximate surface area is 96.9 Å². The highest BCUT2D eigenvalue weighted by molar-refractivity contribution is 7.89. The van der Waals surface area contributed by atoms with E-state index in [1.54, 1.807) is 12.1 Å². The van der Waals surface area contributed by atoms with Crippen molar-refractivity contribution in [3.8, 4) is 0 Å². The summed E-state index contributed by atoms with van der Waals surface area (Å²) in [4.78, 5) is 0.162. The largest absolute Gasteiger partial charge is 0.310 e. The molecule has 0 bridgehead atoms. The van der Waals surface area contributed by atoms with Crippen molar-refractivity contribution in [1.82, 2.24) is 5.32 Å². The number of hydrogen-bond acceptors (Lipinski definition) is 3. The summed E-state index contributed by atoms with van der Waals surface area (Å²) < 4.78 is 22.4. The van der Waals surface area contributed by atoms with Crippen molar-refractivity contribution < 1.29 is 8.42 Å². The van der Waals surface area contributed by atoms with Crippen LogP contribution in [0.3, 0.4) is 0 Å². The van der Waals surface area contributed by atoms with Gasteiger partial charge in [-0.1, -0.05) is 19.1 Å². The molecule has 0 heterocycles. The van der Waals surface area contributed by atoms with E-state index in [2.05, 4.69) is 12.2 Å². The summed E-state index contributed by atoms with van der Waals surface area (Å²) in [6.45, 7) is 4.99. The third-order valence-corrected chi connectivity index (χ3v) is 3.30. The summed E-state index contributed by atoms with van der Waals surface area (Å²) in [5.74, 6) is 0. The Morgan fingerprint density at radius 3 is 2.69 bits per heavy atom. The molecule has 0 aromatic heterocycles. The molecule has 0 amide bonds. The van der Waals surface area contributed by atoms with E-state index in [0.29, 0.717) is 0 Å². The highest BCUT2D eigenvalue weighted by Gasteiger charge is 2.10. The standard InChI is InChI=1S/C11H18N2O2S/c1-3-7-13-9(2)10-5-4-6-11(8-10)16(12,14)15/h4-6,8-9,13H,3,7H2,1-2H3,(H2,12,14,15). The second-order valence-corrected chi connectivity index (χ2v) is 5.35. The molecule has 0 saturated heterocycles. The number of nitrogens with two attached hydrogens (primary N) is 1. The molecule has 16 heavy (non-hydrogen) atoms. The first-order chi connectivity index (χ1) is 7.45. The maximum Gasteiger partial charge on any atom is 0.238 e. The van der Waals surface area contributed by atoms with Gasteiger partial charge in [0.25, 0.3) is 0 Å². The van der Waals surface area contributed by atoms with Gasteiger partial charge in [0.05, 0.1) is 4.90 Å². The highest BCUT2D eigenvalue weighted by atomic mass is 32.2. The van der Waals surface area contributed by atoms with E-state index in [1.807, 2.05) is 13.0 Å². The molecule has 1 rings (SSSR count). The molecule has 0 aliphatic rings. The Kier molecular flexibility index (Phi) is 4.46. The van der Waals surface area contributed by atoms with Crippen molar-refractivity contribution in [1.29, 1.82) is 0 Å². The SMILES string of the molecule is CCCNC(C)c1cccc(S(N)(=O)=O)c1. The summed E-state index contributed by atoms with van der Waals surface area (Å²) in [6, 6.07) is 6.84. The molecule has 1 unspecified atom stereocenters. The lowest BCUT2D eigenvalue weighted by molar-refractivity contribution is 0.568.